The second kappa shape index (κ2) is 4.57. The second-order valence-electron chi connectivity index (χ2n) is 10.0. The van der Waals surface area contributed by atoms with Crippen LogP contribution in [-0.2, 0) is 0 Å². The van der Waals surface area contributed by atoms with E-state index in [0.717, 1.165) is 12.0 Å². The second-order valence-corrected chi connectivity index (χ2v) is 10.0. The van der Waals surface area contributed by atoms with E-state index in [0.29, 0.717) is 28.3 Å². The molecule has 0 aromatic carbocycles. The third-order valence-electron chi connectivity index (χ3n) is 9.53. The van der Waals surface area contributed by atoms with Crippen LogP contribution in [0.2, 0.25) is 0 Å². The maximum absolute atomic E-state index is 3.50. The molecule has 3 aliphatic carbocycles. The van der Waals surface area contributed by atoms with Crippen LogP contribution in [0.3, 0.4) is 0 Å². The summed E-state index contributed by atoms with van der Waals surface area (Å²) >= 11 is 0. The smallest absolute Gasteiger partial charge is 0.0419 e. The topological polar surface area (TPSA) is 15.0 Å². The Morgan fingerprint density at radius 3 is 2.75 bits per heavy atom. The lowest BCUT2D eigenvalue weighted by atomic mass is 9.46. The van der Waals surface area contributed by atoms with Gasteiger partial charge in [0.1, 0.15) is 0 Å². The number of hydrogen-bond acceptors (Lipinski definition) is 2. The van der Waals surface area contributed by atoms with E-state index >= 15 is 0 Å². The van der Waals surface area contributed by atoms with E-state index in [-0.39, 0.29) is 0 Å². The van der Waals surface area contributed by atoms with Crippen LogP contribution >= 0.6 is 0 Å². The van der Waals surface area contributed by atoms with Crippen molar-refractivity contribution in [3.63, 3.8) is 0 Å². The summed E-state index contributed by atoms with van der Waals surface area (Å²) in [6.45, 7) is 11.6. The molecule has 0 aromatic heterocycles. The molecule has 0 radical (unpaired) electrons. The van der Waals surface area contributed by atoms with Crippen molar-refractivity contribution in [1.82, 2.24) is 10.2 Å². The van der Waals surface area contributed by atoms with Crippen LogP contribution in [0, 0.1) is 22.2 Å². The molecule has 5 rings (SSSR count). The molecule has 132 valence electrons. The van der Waals surface area contributed by atoms with E-state index in [1.807, 2.05) is 5.57 Å². The summed E-state index contributed by atoms with van der Waals surface area (Å²) in [5.74, 6) is 0.859. The SMILES string of the molecule is CN[C@@H]1C=C[C@@H]([C@]23CC[C@@H](C)[C@@]4(CCC(C)=C4C2)C3(C)C)N2C[C@@H]12. The first-order valence-electron chi connectivity index (χ1n) is 10.2. The number of fused-ring (bicyclic) bond motifs is 2. The van der Waals surface area contributed by atoms with Crippen LogP contribution in [0.4, 0.5) is 0 Å². The van der Waals surface area contributed by atoms with Gasteiger partial charge >= 0.3 is 0 Å². The van der Waals surface area contributed by atoms with Crippen molar-refractivity contribution in [1.29, 1.82) is 0 Å². The first-order valence-corrected chi connectivity index (χ1v) is 10.2. The van der Waals surface area contributed by atoms with Crippen LogP contribution in [-0.4, -0.2) is 36.6 Å². The van der Waals surface area contributed by atoms with Crippen molar-refractivity contribution in [3.05, 3.63) is 23.3 Å². The molecule has 0 aromatic rings. The van der Waals surface area contributed by atoms with Gasteiger partial charge in [0.25, 0.3) is 0 Å². The standard InChI is InChI=1S/C22H34N2/c1-14-8-11-22-15(2)9-10-21(12-16(14)22,20(22,3)4)19-7-6-17(23-5)18-13-24(18)19/h6-7,15,17-19,23H,8-13H2,1-5H3/t15-,17-,18+,19+,21+,22-,24?/m1/s1. The summed E-state index contributed by atoms with van der Waals surface area (Å²) in [5.41, 5.74) is 5.00. The van der Waals surface area contributed by atoms with E-state index in [2.05, 4.69) is 57.1 Å². The lowest BCUT2D eigenvalue weighted by molar-refractivity contribution is -0.0941. The Labute approximate surface area is 147 Å². The minimum absolute atomic E-state index is 0.416. The van der Waals surface area contributed by atoms with Gasteiger partial charge in [0.05, 0.1) is 0 Å². The molecule has 2 nitrogen and oxygen atoms in total. The number of nitrogens with zero attached hydrogens (tertiary/aromatic N) is 1. The maximum atomic E-state index is 3.50. The highest BCUT2D eigenvalue weighted by atomic mass is 15.4. The number of allylic oxidation sites excluding steroid dienone is 2. The van der Waals surface area contributed by atoms with E-state index < -0.39 is 0 Å². The van der Waals surface area contributed by atoms with Crippen molar-refractivity contribution in [2.24, 2.45) is 22.2 Å². The van der Waals surface area contributed by atoms with Crippen LogP contribution in [0.15, 0.2) is 23.3 Å². The summed E-state index contributed by atoms with van der Waals surface area (Å²) < 4.78 is 0. The molecule has 2 heteroatoms. The van der Waals surface area contributed by atoms with Crippen molar-refractivity contribution >= 4 is 0 Å². The third kappa shape index (κ3) is 1.49. The third-order valence-corrected chi connectivity index (χ3v) is 9.53. The Morgan fingerprint density at radius 2 is 2.00 bits per heavy atom. The van der Waals surface area contributed by atoms with E-state index in [1.54, 1.807) is 5.57 Å². The molecule has 1 spiro atoms. The summed E-state index contributed by atoms with van der Waals surface area (Å²) in [6.07, 6.45) is 12.1. The van der Waals surface area contributed by atoms with Crippen molar-refractivity contribution < 1.29 is 0 Å². The maximum Gasteiger partial charge on any atom is 0.0419 e. The molecule has 7 atom stereocenters. The molecule has 1 unspecified atom stereocenters. The zero-order chi connectivity index (χ0) is 16.9. The van der Waals surface area contributed by atoms with Gasteiger partial charge in [-0.3, -0.25) is 4.90 Å². The Hall–Kier alpha value is -0.600. The summed E-state index contributed by atoms with van der Waals surface area (Å²) in [6, 6.07) is 1.98. The Bertz CT molecular complexity index is 644. The van der Waals surface area contributed by atoms with Gasteiger partial charge in [-0.25, -0.2) is 0 Å². The van der Waals surface area contributed by atoms with Gasteiger partial charge in [-0.1, -0.05) is 44.1 Å². The summed E-state index contributed by atoms with van der Waals surface area (Å²) in [5, 5.41) is 3.50. The Balaban J connectivity index is 1.63. The van der Waals surface area contributed by atoms with Crippen LogP contribution < -0.4 is 5.32 Å². The predicted molar refractivity (Wildman–Crippen MR) is 99.9 cm³/mol. The summed E-state index contributed by atoms with van der Waals surface area (Å²) in [7, 11) is 2.11. The molecular weight excluding hydrogens is 292 g/mol. The molecule has 3 fully saturated rings. The molecule has 2 heterocycles. The number of rotatable bonds is 2. The number of likely N-dealkylation sites (N-methyl/N-ethyl adjacent to an activating group) is 1. The fraction of sp³-hybridized carbons (Fsp3) is 0.818. The average Bonchev–Trinajstić information content (AvgIpc) is 3.26. The van der Waals surface area contributed by atoms with Crippen molar-refractivity contribution in [3.8, 4) is 0 Å². The van der Waals surface area contributed by atoms with E-state index in [9.17, 15) is 0 Å². The van der Waals surface area contributed by atoms with Crippen LogP contribution in [0.25, 0.3) is 0 Å². The molecule has 2 bridgehead atoms. The molecule has 5 aliphatic rings. The molecular formula is C22H34N2. The number of nitrogens with one attached hydrogen (secondary N) is 1. The van der Waals surface area contributed by atoms with Gasteiger partial charge in [0, 0.05) is 30.1 Å². The molecule has 24 heavy (non-hydrogen) atoms. The lowest BCUT2D eigenvalue weighted by Gasteiger charge is -2.59. The first kappa shape index (κ1) is 15.6. The normalized spacial score (nSPS) is 54.0. The highest BCUT2D eigenvalue weighted by Crippen LogP contribution is 2.79. The van der Waals surface area contributed by atoms with Gasteiger partial charge < -0.3 is 5.32 Å². The molecule has 0 amide bonds. The van der Waals surface area contributed by atoms with Crippen LogP contribution in [0.1, 0.15) is 59.8 Å². The summed E-state index contributed by atoms with van der Waals surface area (Å²) in [4.78, 5) is 2.81. The van der Waals surface area contributed by atoms with Gasteiger partial charge in [0.15, 0.2) is 0 Å². The minimum Gasteiger partial charge on any atom is -0.312 e. The van der Waals surface area contributed by atoms with Crippen LogP contribution in [0.5, 0.6) is 0 Å². The highest BCUT2D eigenvalue weighted by Gasteiger charge is 2.73. The van der Waals surface area contributed by atoms with E-state index in [1.165, 1.54) is 38.6 Å². The van der Waals surface area contributed by atoms with Gasteiger partial charge in [-0.2, -0.15) is 0 Å². The van der Waals surface area contributed by atoms with Gasteiger partial charge in [-0.15, -0.1) is 0 Å². The highest BCUT2D eigenvalue weighted by molar-refractivity contribution is 5.43. The predicted octanol–water partition coefficient (Wildman–Crippen LogP) is 4.14. The van der Waals surface area contributed by atoms with Crippen molar-refractivity contribution in [2.45, 2.75) is 77.9 Å². The van der Waals surface area contributed by atoms with E-state index in [4.69, 9.17) is 0 Å². The monoisotopic (exact) mass is 326 g/mol. The van der Waals surface area contributed by atoms with Gasteiger partial charge in [0.2, 0.25) is 0 Å². The first-order chi connectivity index (χ1) is 11.4. The van der Waals surface area contributed by atoms with Crippen molar-refractivity contribution in [2.75, 3.05) is 13.6 Å². The molecule has 2 aliphatic heterocycles. The number of hydrogen-bond donors (Lipinski definition) is 1. The quantitative estimate of drug-likeness (QED) is 0.606. The Kier molecular flexibility index (Phi) is 2.98. The minimum atomic E-state index is 0.416. The largest absolute Gasteiger partial charge is 0.312 e. The zero-order valence-corrected chi connectivity index (χ0v) is 16.2. The average molecular weight is 327 g/mol. The fourth-order valence-electron chi connectivity index (χ4n) is 8.01. The molecule has 1 N–H and O–H groups in total. The lowest BCUT2D eigenvalue weighted by Crippen LogP contribution is -2.57. The van der Waals surface area contributed by atoms with Gasteiger partial charge in [-0.05, 0) is 62.8 Å². The fourth-order valence-corrected chi connectivity index (χ4v) is 8.01. The zero-order valence-electron chi connectivity index (χ0n) is 16.2. The molecule has 1 saturated heterocycles. The molecule has 2 saturated carbocycles. The Morgan fingerprint density at radius 1 is 1.21 bits per heavy atom.